The number of unbranched alkanes of at least 4 members (excludes halogenated alkanes) is 38. The topological polar surface area (TPSA) is 237 Å². The molecule has 0 spiro atoms. The lowest BCUT2D eigenvalue weighted by molar-refractivity contribution is -0.161. The number of ether oxygens (including phenoxy) is 4. The molecule has 3 unspecified atom stereocenters. The molecule has 0 amide bonds. The van der Waals surface area contributed by atoms with Crippen LogP contribution in [0, 0.1) is 11.8 Å². The van der Waals surface area contributed by atoms with Crippen LogP contribution in [0.1, 0.15) is 356 Å². The fourth-order valence-corrected chi connectivity index (χ4v) is 12.1. The van der Waals surface area contributed by atoms with E-state index in [2.05, 4.69) is 41.5 Å². The highest BCUT2D eigenvalue weighted by molar-refractivity contribution is 7.47. The Bertz CT molecular complexity index is 1740. The molecule has 0 saturated heterocycles. The third-order valence-electron chi connectivity index (χ3n) is 16.6. The Kier molecular flexibility index (Phi) is 60.8. The average Bonchev–Trinajstić information content (AvgIpc) is 3.72. The molecule has 3 N–H and O–H groups in total. The molecule has 89 heavy (non-hydrogen) atoms. The van der Waals surface area contributed by atoms with Crippen molar-refractivity contribution >= 4 is 39.5 Å². The van der Waals surface area contributed by atoms with Gasteiger partial charge in [0, 0.05) is 25.7 Å². The van der Waals surface area contributed by atoms with Crippen LogP contribution in [-0.2, 0) is 65.4 Å². The summed E-state index contributed by atoms with van der Waals surface area (Å²) in [7, 11) is -9.89. The van der Waals surface area contributed by atoms with Gasteiger partial charge in [0.2, 0.25) is 0 Å². The fourth-order valence-electron chi connectivity index (χ4n) is 10.6. The number of aliphatic hydroxyl groups is 1. The van der Waals surface area contributed by atoms with Crippen LogP contribution in [0.4, 0.5) is 0 Å². The zero-order valence-electron chi connectivity index (χ0n) is 57.7. The molecule has 528 valence electrons. The van der Waals surface area contributed by atoms with Gasteiger partial charge in [-0.2, -0.15) is 0 Å². The molecule has 0 bridgehead atoms. The van der Waals surface area contributed by atoms with Crippen LogP contribution in [0.15, 0.2) is 0 Å². The predicted octanol–water partition coefficient (Wildman–Crippen LogP) is 20.0. The third kappa shape index (κ3) is 63.2. The van der Waals surface area contributed by atoms with Crippen molar-refractivity contribution in [3.8, 4) is 0 Å². The van der Waals surface area contributed by atoms with Gasteiger partial charge >= 0.3 is 39.5 Å². The molecule has 6 atom stereocenters. The first kappa shape index (κ1) is 87.1. The van der Waals surface area contributed by atoms with Crippen LogP contribution in [0.25, 0.3) is 0 Å². The van der Waals surface area contributed by atoms with Crippen molar-refractivity contribution < 1.29 is 80.2 Å². The Labute approximate surface area is 543 Å². The van der Waals surface area contributed by atoms with E-state index in [1.54, 1.807) is 0 Å². The first-order chi connectivity index (χ1) is 42.9. The number of carbonyl (C=O) groups excluding carboxylic acids is 4. The second kappa shape index (κ2) is 62.2. The smallest absolute Gasteiger partial charge is 0.462 e. The summed E-state index contributed by atoms with van der Waals surface area (Å²) in [5.41, 5.74) is 0. The SMILES string of the molecule is CCCCCCCCCCCCCCCCCCCCCCCCC(=O)O[C@H](COC(=O)CCCCCCCCC(C)CC)COP(=O)(O)OC[C@@H](O)COP(=O)(O)OC[C@@H](COC(=O)CCCCCCCCCC)OC(=O)CCCCCCCCC(C)C. The van der Waals surface area contributed by atoms with E-state index >= 15 is 0 Å². The van der Waals surface area contributed by atoms with E-state index in [1.807, 2.05) is 0 Å². The second-order valence-electron chi connectivity index (χ2n) is 26.0. The first-order valence-electron chi connectivity index (χ1n) is 36.5. The van der Waals surface area contributed by atoms with Gasteiger partial charge < -0.3 is 33.8 Å². The molecule has 0 aromatic rings. The number of aliphatic hydroxyl groups excluding tert-OH is 1. The third-order valence-corrected chi connectivity index (χ3v) is 18.5. The summed E-state index contributed by atoms with van der Waals surface area (Å²) in [5, 5.41) is 10.6. The van der Waals surface area contributed by atoms with Gasteiger partial charge in [-0.3, -0.25) is 37.3 Å². The molecular formula is C70H136O17P2. The van der Waals surface area contributed by atoms with Crippen molar-refractivity contribution in [1.29, 1.82) is 0 Å². The molecule has 0 aromatic heterocycles. The quantitative estimate of drug-likeness (QED) is 0.0222. The van der Waals surface area contributed by atoms with Crippen LogP contribution in [-0.4, -0.2) is 96.7 Å². The van der Waals surface area contributed by atoms with Crippen molar-refractivity contribution in [1.82, 2.24) is 0 Å². The molecule has 0 heterocycles. The molecule has 0 saturated carbocycles. The minimum Gasteiger partial charge on any atom is -0.462 e. The van der Waals surface area contributed by atoms with Gasteiger partial charge in [0.05, 0.1) is 26.4 Å². The maximum atomic E-state index is 13.0. The number of hydrogen-bond donors (Lipinski definition) is 3. The van der Waals surface area contributed by atoms with Crippen LogP contribution >= 0.6 is 15.6 Å². The normalized spacial score (nSPS) is 14.4. The molecule has 0 aliphatic carbocycles. The van der Waals surface area contributed by atoms with Crippen LogP contribution in [0.3, 0.4) is 0 Å². The van der Waals surface area contributed by atoms with E-state index < -0.39 is 97.5 Å². The number of rotatable bonds is 69. The molecule has 19 heteroatoms. The lowest BCUT2D eigenvalue weighted by Gasteiger charge is -2.21. The Hall–Kier alpha value is -1.94. The highest BCUT2D eigenvalue weighted by atomic mass is 31.2. The highest BCUT2D eigenvalue weighted by Crippen LogP contribution is 2.45. The summed E-state index contributed by atoms with van der Waals surface area (Å²) in [5.74, 6) is -0.735. The predicted molar refractivity (Wildman–Crippen MR) is 358 cm³/mol. The summed E-state index contributed by atoms with van der Waals surface area (Å²) >= 11 is 0. The highest BCUT2D eigenvalue weighted by Gasteiger charge is 2.30. The van der Waals surface area contributed by atoms with Crippen molar-refractivity contribution in [3.05, 3.63) is 0 Å². The van der Waals surface area contributed by atoms with E-state index in [0.717, 1.165) is 109 Å². The Balaban J connectivity index is 5.10. The molecule has 0 aliphatic heterocycles. The summed E-state index contributed by atoms with van der Waals surface area (Å²) in [4.78, 5) is 72.3. The van der Waals surface area contributed by atoms with Gasteiger partial charge in [-0.15, -0.1) is 0 Å². The number of phosphoric acid groups is 2. The van der Waals surface area contributed by atoms with E-state index in [-0.39, 0.29) is 25.7 Å². The van der Waals surface area contributed by atoms with Crippen LogP contribution < -0.4 is 0 Å². The Morgan fingerprint density at radius 3 is 0.854 bits per heavy atom. The molecule has 0 aliphatic rings. The van der Waals surface area contributed by atoms with Crippen molar-refractivity contribution in [2.75, 3.05) is 39.6 Å². The van der Waals surface area contributed by atoms with Gasteiger partial charge in [-0.1, -0.05) is 305 Å². The van der Waals surface area contributed by atoms with E-state index in [1.165, 1.54) is 161 Å². The number of hydrogen-bond acceptors (Lipinski definition) is 15. The summed E-state index contributed by atoms with van der Waals surface area (Å²) < 4.78 is 68.1. The van der Waals surface area contributed by atoms with Crippen molar-refractivity contribution in [2.45, 2.75) is 374 Å². The minimum atomic E-state index is -4.95. The minimum absolute atomic E-state index is 0.102. The lowest BCUT2D eigenvalue weighted by Crippen LogP contribution is -2.30. The van der Waals surface area contributed by atoms with E-state index in [4.69, 9.17) is 37.0 Å². The standard InChI is InChI=1S/C70H136O17P2/c1-7-10-12-14-16-18-19-20-21-22-23-24-25-26-27-28-29-30-31-33-42-48-54-69(74)86-65(59-81-68(73)53-47-41-37-35-39-45-51-63(6)9-3)60-84-88(76,77)82-56-64(71)57-83-89(78,79)85-61-66(58-80-67(72)52-46-40-32-17-15-13-11-8-2)87-70(75)55-49-43-36-34-38-44-50-62(4)5/h62-66,71H,7-61H2,1-6H3,(H,76,77)(H,78,79)/t63?,64-,65-,66-/m1/s1. The van der Waals surface area contributed by atoms with Gasteiger partial charge in [0.15, 0.2) is 12.2 Å². The summed E-state index contributed by atoms with van der Waals surface area (Å²) in [6.07, 6.45) is 47.8. The zero-order chi connectivity index (χ0) is 65.7. The number of esters is 4. The summed E-state index contributed by atoms with van der Waals surface area (Å²) in [6.45, 7) is 9.37. The zero-order valence-corrected chi connectivity index (χ0v) is 59.5. The maximum absolute atomic E-state index is 13.0. The van der Waals surface area contributed by atoms with Gasteiger partial charge in [-0.25, -0.2) is 9.13 Å². The molecule has 0 radical (unpaired) electrons. The Morgan fingerprint density at radius 2 is 0.573 bits per heavy atom. The summed E-state index contributed by atoms with van der Waals surface area (Å²) in [6, 6.07) is 0. The molecule has 0 rings (SSSR count). The van der Waals surface area contributed by atoms with Crippen LogP contribution in [0.2, 0.25) is 0 Å². The molecule has 0 fully saturated rings. The monoisotopic (exact) mass is 1310 g/mol. The van der Waals surface area contributed by atoms with E-state index in [9.17, 15) is 43.2 Å². The Morgan fingerprint density at radius 1 is 0.326 bits per heavy atom. The van der Waals surface area contributed by atoms with Gasteiger partial charge in [0.1, 0.15) is 19.3 Å². The van der Waals surface area contributed by atoms with Crippen LogP contribution in [0.5, 0.6) is 0 Å². The largest absolute Gasteiger partial charge is 0.472 e. The van der Waals surface area contributed by atoms with Crippen molar-refractivity contribution in [2.24, 2.45) is 11.8 Å². The van der Waals surface area contributed by atoms with Crippen molar-refractivity contribution in [3.63, 3.8) is 0 Å². The number of carbonyl (C=O) groups is 4. The molecule has 17 nitrogen and oxygen atoms in total. The maximum Gasteiger partial charge on any atom is 0.472 e. The number of phosphoric ester groups is 2. The molecular weight excluding hydrogens is 1170 g/mol. The molecule has 0 aromatic carbocycles. The van der Waals surface area contributed by atoms with E-state index in [0.29, 0.717) is 31.6 Å². The van der Waals surface area contributed by atoms with Gasteiger partial charge in [0.25, 0.3) is 0 Å². The average molecular weight is 1310 g/mol. The lowest BCUT2D eigenvalue weighted by atomic mass is 10.00. The first-order valence-corrected chi connectivity index (χ1v) is 39.5. The second-order valence-corrected chi connectivity index (χ2v) is 28.9. The van der Waals surface area contributed by atoms with Gasteiger partial charge in [-0.05, 0) is 37.5 Å². The fraction of sp³-hybridized carbons (Fsp3) is 0.943.